The molecule has 1 aromatic carbocycles. The van der Waals surface area contributed by atoms with E-state index >= 15 is 0 Å². The van der Waals surface area contributed by atoms with Gasteiger partial charge in [0.25, 0.3) is 5.56 Å². The van der Waals surface area contributed by atoms with E-state index in [-0.39, 0.29) is 5.56 Å². The molecule has 0 aliphatic heterocycles. The fraction of sp³-hybridized carbons (Fsp3) is 0.450. The van der Waals surface area contributed by atoms with Gasteiger partial charge < -0.3 is 9.88 Å². The van der Waals surface area contributed by atoms with Crippen LogP contribution in [0.5, 0.6) is 0 Å². The first-order valence-corrected chi connectivity index (χ1v) is 8.64. The predicted octanol–water partition coefficient (Wildman–Crippen LogP) is 3.79. The zero-order chi connectivity index (χ0) is 16.4. The molecule has 0 bridgehead atoms. The molecular formula is C20H26N2O. The third-order valence-corrected chi connectivity index (χ3v) is 4.52. The molecule has 2 aromatic rings. The smallest absolute Gasteiger partial charge is 0.255 e. The van der Waals surface area contributed by atoms with E-state index in [0.29, 0.717) is 12.6 Å². The summed E-state index contributed by atoms with van der Waals surface area (Å²) in [4.78, 5) is 12.9. The average Bonchev–Trinajstić information content (AvgIpc) is 3.33. The molecule has 1 saturated carbocycles. The van der Waals surface area contributed by atoms with E-state index < -0.39 is 0 Å². The van der Waals surface area contributed by atoms with Crippen molar-refractivity contribution in [3.05, 3.63) is 57.4 Å². The topological polar surface area (TPSA) is 34.0 Å². The summed E-state index contributed by atoms with van der Waals surface area (Å²) in [6.45, 7) is 7.78. The maximum Gasteiger partial charge on any atom is 0.255 e. The average molecular weight is 310 g/mol. The summed E-state index contributed by atoms with van der Waals surface area (Å²) in [5, 5.41) is 3.45. The van der Waals surface area contributed by atoms with E-state index in [4.69, 9.17) is 0 Å². The van der Waals surface area contributed by atoms with Crippen molar-refractivity contribution < 1.29 is 0 Å². The van der Waals surface area contributed by atoms with Crippen molar-refractivity contribution in [3.8, 4) is 11.3 Å². The van der Waals surface area contributed by atoms with E-state index in [2.05, 4.69) is 50.4 Å². The molecule has 1 fully saturated rings. The second-order valence-electron chi connectivity index (χ2n) is 6.67. The Morgan fingerprint density at radius 1 is 1.17 bits per heavy atom. The molecule has 0 radical (unpaired) electrons. The van der Waals surface area contributed by atoms with Gasteiger partial charge in [-0.25, -0.2) is 0 Å². The lowest BCUT2D eigenvalue weighted by Crippen LogP contribution is -2.29. The third-order valence-electron chi connectivity index (χ3n) is 4.52. The number of rotatable bonds is 6. The quantitative estimate of drug-likeness (QED) is 0.880. The van der Waals surface area contributed by atoms with E-state index in [9.17, 15) is 4.79 Å². The lowest BCUT2D eigenvalue weighted by Gasteiger charge is -2.16. The van der Waals surface area contributed by atoms with E-state index in [1.165, 1.54) is 24.0 Å². The van der Waals surface area contributed by atoms with Gasteiger partial charge in [-0.05, 0) is 44.7 Å². The molecule has 3 rings (SSSR count). The summed E-state index contributed by atoms with van der Waals surface area (Å²) in [6, 6.07) is 11.2. The molecule has 0 atom stereocenters. The van der Waals surface area contributed by atoms with Gasteiger partial charge in [0.2, 0.25) is 0 Å². The third kappa shape index (κ3) is 3.56. The van der Waals surface area contributed by atoms with Crippen LogP contribution in [0.3, 0.4) is 0 Å². The molecule has 122 valence electrons. The second-order valence-corrected chi connectivity index (χ2v) is 6.67. The highest BCUT2D eigenvalue weighted by Crippen LogP contribution is 2.24. The summed E-state index contributed by atoms with van der Waals surface area (Å²) in [7, 11) is 0. The lowest BCUT2D eigenvalue weighted by atomic mass is 10.0. The number of aromatic nitrogens is 1. The lowest BCUT2D eigenvalue weighted by molar-refractivity contribution is 0.632. The molecule has 3 nitrogen and oxygen atoms in total. The maximum atomic E-state index is 12.9. The highest BCUT2D eigenvalue weighted by atomic mass is 16.1. The van der Waals surface area contributed by atoms with Crippen molar-refractivity contribution in [1.29, 1.82) is 0 Å². The van der Waals surface area contributed by atoms with Gasteiger partial charge in [-0.1, -0.05) is 36.8 Å². The molecule has 1 aliphatic carbocycles. The van der Waals surface area contributed by atoms with Crippen LogP contribution in [-0.4, -0.2) is 10.6 Å². The zero-order valence-electron chi connectivity index (χ0n) is 14.4. The van der Waals surface area contributed by atoms with Crippen molar-refractivity contribution in [2.75, 3.05) is 0 Å². The number of benzene rings is 1. The van der Waals surface area contributed by atoms with Crippen LogP contribution in [-0.2, 0) is 13.1 Å². The van der Waals surface area contributed by atoms with Gasteiger partial charge in [0.15, 0.2) is 0 Å². The Labute approximate surface area is 138 Å². The highest BCUT2D eigenvalue weighted by molar-refractivity contribution is 5.64. The van der Waals surface area contributed by atoms with Crippen LogP contribution >= 0.6 is 0 Å². The number of nitrogens with one attached hydrogen (secondary N) is 1. The SMILES string of the molecule is CCCn1c(-c2ccc(C)cc2C)ccc(CNC2CC2)c1=O. The van der Waals surface area contributed by atoms with Crippen LogP contribution in [0.2, 0.25) is 0 Å². The summed E-state index contributed by atoms with van der Waals surface area (Å²) < 4.78 is 1.95. The fourth-order valence-corrected chi connectivity index (χ4v) is 3.08. The first kappa shape index (κ1) is 16.0. The Morgan fingerprint density at radius 2 is 1.96 bits per heavy atom. The molecule has 0 spiro atoms. The van der Waals surface area contributed by atoms with Crippen LogP contribution < -0.4 is 10.9 Å². The molecule has 1 aromatic heterocycles. The maximum absolute atomic E-state index is 12.9. The van der Waals surface area contributed by atoms with Crippen molar-refractivity contribution in [3.63, 3.8) is 0 Å². The normalized spacial score (nSPS) is 14.2. The first-order valence-electron chi connectivity index (χ1n) is 8.64. The van der Waals surface area contributed by atoms with E-state index in [1.807, 2.05) is 10.6 Å². The molecule has 0 saturated heterocycles. The van der Waals surface area contributed by atoms with Gasteiger partial charge in [-0.15, -0.1) is 0 Å². The van der Waals surface area contributed by atoms with Gasteiger partial charge >= 0.3 is 0 Å². The Kier molecular flexibility index (Phi) is 4.67. The Hall–Kier alpha value is -1.87. The number of hydrogen-bond donors (Lipinski definition) is 1. The molecule has 0 amide bonds. The van der Waals surface area contributed by atoms with Crippen LogP contribution in [0, 0.1) is 13.8 Å². The molecular weight excluding hydrogens is 284 g/mol. The first-order chi connectivity index (χ1) is 11.1. The van der Waals surface area contributed by atoms with Gasteiger partial charge in [0, 0.05) is 30.3 Å². The molecule has 0 unspecified atom stereocenters. The highest BCUT2D eigenvalue weighted by Gasteiger charge is 2.21. The summed E-state index contributed by atoms with van der Waals surface area (Å²) >= 11 is 0. The molecule has 3 heteroatoms. The van der Waals surface area contributed by atoms with Crippen LogP contribution in [0.25, 0.3) is 11.3 Å². The van der Waals surface area contributed by atoms with Crippen molar-refractivity contribution in [1.82, 2.24) is 9.88 Å². The predicted molar refractivity (Wildman–Crippen MR) is 95.8 cm³/mol. The van der Waals surface area contributed by atoms with Gasteiger partial charge in [-0.3, -0.25) is 4.79 Å². The van der Waals surface area contributed by atoms with Crippen molar-refractivity contribution in [2.45, 2.75) is 59.2 Å². The standard InChI is InChI=1S/C20H26N2O/c1-4-11-22-19(18-9-5-14(2)12-15(18)3)10-6-16(20(22)23)13-21-17-7-8-17/h5-6,9-10,12,17,21H,4,7-8,11,13H2,1-3H3. The molecule has 1 N–H and O–H groups in total. The van der Waals surface area contributed by atoms with Crippen LogP contribution in [0.4, 0.5) is 0 Å². The van der Waals surface area contributed by atoms with Crippen molar-refractivity contribution >= 4 is 0 Å². The number of hydrogen-bond acceptors (Lipinski definition) is 2. The summed E-state index contributed by atoms with van der Waals surface area (Å²) in [6.07, 6.45) is 3.44. The molecule has 1 heterocycles. The Bertz CT molecular complexity index is 757. The van der Waals surface area contributed by atoms with Gasteiger partial charge in [0.1, 0.15) is 0 Å². The zero-order valence-corrected chi connectivity index (χ0v) is 14.4. The monoisotopic (exact) mass is 310 g/mol. The minimum atomic E-state index is 0.150. The summed E-state index contributed by atoms with van der Waals surface area (Å²) in [5.41, 5.74) is 5.68. The number of pyridine rings is 1. The second kappa shape index (κ2) is 6.71. The van der Waals surface area contributed by atoms with Gasteiger partial charge in [-0.2, -0.15) is 0 Å². The summed E-state index contributed by atoms with van der Waals surface area (Å²) in [5.74, 6) is 0. The van der Waals surface area contributed by atoms with E-state index in [1.54, 1.807) is 0 Å². The minimum absolute atomic E-state index is 0.150. The Balaban J connectivity index is 2.01. The largest absolute Gasteiger partial charge is 0.310 e. The van der Waals surface area contributed by atoms with E-state index in [0.717, 1.165) is 29.8 Å². The number of aryl methyl sites for hydroxylation is 2. The number of nitrogens with zero attached hydrogens (tertiary/aromatic N) is 1. The van der Waals surface area contributed by atoms with Crippen LogP contribution in [0.15, 0.2) is 35.1 Å². The Morgan fingerprint density at radius 3 is 2.61 bits per heavy atom. The van der Waals surface area contributed by atoms with Gasteiger partial charge in [0.05, 0.1) is 5.69 Å². The molecule has 23 heavy (non-hydrogen) atoms. The van der Waals surface area contributed by atoms with Crippen molar-refractivity contribution in [2.24, 2.45) is 0 Å². The fourth-order valence-electron chi connectivity index (χ4n) is 3.08. The van der Waals surface area contributed by atoms with Crippen LogP contribution in [0.1, 0.15) is 42.9 Å². The minimum Gasteiger partial charge on any atom is -0.310 e. The molecule has 1 aliphatic rings.